The van der Waals surface area contributed by atoms with Gasteiger partial charge in [0.25, 0.3) is 0 Å². The van der Waals surface area contributed by atoms with Crippen molar-refractivity contribution in [1.29, 1.82) is 0 Å². The van der Waals surface area contributed by atoms with E-state index in [0.717, 1.165) is 42.4 Å². The van der Waals surface area contributed by atoms with E-state index < -0.39 is 11.2 Å². The zero-order chi connectivity index (χ0) is 27.7. The molecule has 3 aromatic carbocycles. The number of carbonyl (C=O) groups excluding carboxylic acids is 1. The van der Waals surface area contributed by atoms with Crippen molar-refractivity contribution < 1.29 is 19.0 Å². The molecule has 0 aliphatic carbocycles. The van der Waals surface area contributed by atoms with Gasteiger partial charge in [0, 0.05) is 0 Å². The molecule has 0 amide bonds. The van der Waals surface area contributed by atoms with Crippen LogP contribution in [0.2, 0.25) is 0 Å². The maximum Gasteiger partial charge on any atom is 0.308 e. The zero-order valence-electron chi connectivity index (χ0n) is 23.8. The van der Waals surface area contributed by atoms with Gasteiger partial charge >= 0.3 is 5.97 Å². The summed E-state index contributed by atoms with van der Waals surface area (Å²) in [4.78, 5) is 12.1. The second-order valence-electron chi connectivity index (χ2n) is 10.4. The monoisotopic (exact) mass is 526 g/mol. The Morgan fingerprint density at radius 1 is 0.872 bits per heavy atom. The first-order valence-corrected chi connectivity index (χ1v) is 14.3. The minimum atomic E-state index is -0.745. The van der Waals surface area contributed by atoms with Gasteiger partial charge in [0.2, 0.25) is 0 Å². The number of carbonyl (C=O) groups is 1. The molecular weight excluding hydrogens is 484 g/mol. The van der Waals surface area contributed by atoms with Crippen molar-refractivity contribution >= 4 is 5.97 Å². The molecule has 0 N–H and O–H groups in total. The molecule has 0 unspecified atom stereocenters. The highest BCUT2D eigenvalue weighted by molar-refractivity contribution is 5.70. The lowest BCUT2D eigenvalue weighted by Crippen LogP contribution is -2.37. The Morgan fingerprint density at radius 2 is 1.38 bits per heavy atom. The predicted octanol–water partition coefficient (Wildman–Crippen LogP) is 7.86. The molecule has 39 heavy (non-hydrogen) atoms. The van der Waals surface area contributed by atoms with Crippen molar-refractivity contribution in [3.05, 3.63) is 119 Å². The van der Waals surface area contributed by atoms with Gasteiger partial charge in [-0.25, -0.2) is 0 Å². The molecular formula is C35H42O4. The fourth-order valence-electron chi connectivity index (χ4n) is 5.82. The van der Waals surface area contributed by atoms with Crippen molar-refractivity contribution in [2.24, 2.45) is 5.92 Å². The zero-order valence-corrected chi connectivity index (χ0v) is 23.8. The third-order valence-corrected chi connectivity index (χ3v) is 8.11. The third kappa shape index (κ3) is 6.34. The van der Waals surface area contributed by atoms with Gasteiger partial charge in [-0.1, -0.05) is 124 Å². The first-order valence-electron chi connectivity index (χ1n) is 14.3. The van der Waals surface area contributed by atoms with E-state index in [2.05, 4.69) is 99.6 Å². The molecule has 1 aliphatic rings. The van der Waals surface area contributed by atoms with Crippen LogP contribution in [0.1, 0.15) is 69.6 Å². The fourth-order valence-corrected chi connectivity index (χ4v) is 5.82. The summed E-state index contributed by atoms with van der Waals surface area (Å²) in [7, 11) is 1.43. The lowest BCUT2D eigenvalue weighted by atomic mass is 9.79. The minimum absolute atomic E-state index is 0.224. The molecule has 0 radical (unpaired) electrons. The van der Waals surface area contributed by atoms with E-state index in [-0.39, 0.29) is 24.4 Å². The molecule has 1 aliphatic heterocycles. The van der Waals surface area contributed by atoms with Gasteiger partial charge < -0.3 is 14.2 Å². The van der Waals surface area contributed by atoms with Crippen LogP contribution in [-0.2, 0) is 24.6 Å². The smallest absolute Gasteiger partial charge is 0.308 e. The first kappa shape index (κ1) is 28.8. The van der Waals surface area contributed by atoms with Crippen molar-refractivity contribution in [2.75, 3.05) is 13.7 Å². The molecule has 1 heterocycles. The molecule has 3 aromatic rings. The minimum Gasteiger partial charge on any atom is -0.469 e. The Hall–Kier alpha value is -3.21. The van der Waals surface area contributed by atoms with Crippen LogP contribution in [0.25, 0.3) is 0 Å². The van der Waals surface area contributed by atoms with E-state index in [1.54, 1.807) is 0 Å². The third-order valence-electron chi connectivity index (χ3n) is 8.11. The van der Waals surface area contributed by atoms with E-state index in [1.165, 1.54) is 12.7 Å². The number of benzene rings is 3. The van der Waals surface area contributed by atoms with E-state index in [4.69, 9.17) is 14.2 Å². The number of methoxy groups -OCH3 is 1. The quantitative estimate of drug-likeness (QED) is 0.129. The van der Waals surface area contributed by atoms with Crippen LogP contribution in [0.4, 0.5) is 0 Å². The van der Waals surface area contributed by atoms with Gasteiger partial charge in [0.1, 0.15) is 5.60 Å². The second kappa shape index (κ2) is 13.2. The predicted molar refractivity (Wildman–Crippen MR) is 156 cm³/mol. The molecule has 0 saturated carbocycles. The maximum absolute atomic E-state index is 12.1. The second-order valence-corrected chi connectivity index (χ2v) is 10.4. The van der Waals surface area contributed by atoms with E-state index >= 15 is 0 Å². The van der Waals surface area contributed by atoms with Crippen LogP contribution in [0.15, 0.2) is 103 Å². The van der Waals surface area contributed by atoms with Crippen LogP contribution < -0.4 is 0 Å². The van der Waals surface area contributed by atoms with Crippen LogP contribution in [0.3, 0.4) is 0 Å². The van der Waals surface area contributed by atoms with Gasteiger partial charge in [0.05, 0.1) is 31.8 Å². The van der Waals surface area contributed by atoms with Crippen molar-refractivity contribution in [3.63, 3.8) is 0 Å². The van der Waals surface area contributed by atoms with Crippen LogP contribution >= 0.6 is 0 Å². The van der Waals surface area contributed by atoms with Crippen molar-refractivity contribution in [3.8, 4) is 0 Å². The van der Waals surface area contributed by atoms with Gasteiger partial charge in [-0.2, -0.15) is 0 Å². The molecule has 0 aromatic heterocycles. The van der Waals surface area contributed by atoms with Crippen molar-refractivity contribution in [2.45, 2.75) is 70.2 Å². The molecule has 0 bridgehead atoms. The fraction of sp³-hybridized carbons (Fsp3) is 0.400. The van der Waals surface area contributed by atoms with Gasteiger partial charge in [-0.15, -0.1) is 0 Å². The van der Waals surface area contributed by atoms with E-state index in [0.29, 0.717) is 6.61 Å². The highest BCUT2D eigenvalue weighted by Gasteiger charge is 2.42. The maximum atomic E-state index is 12.1. The van der Waals surface area contributed by atoms with Crippen LogP contribution in [0.5, 0.6) is 0 Å². The Balaban J connectivity index is 1.66. The van der Waals surface area contributed by atoms with E-state index in [9.17, 15) is 4.79 Å². The van der Waals surface area contributed by atoms with E-state index in [1.807, 2.05) is 18.2 Å². The van der Waals surface area contributed by atoms with Crippen LogP contribution in [0, 0.1) is 5.92 Å². The lowest BCUT2D eigenvalue weighted by molar-refractivity contribution is -0.145. The summed E-state index contributed by atoms with van der Waals surface area (Å²) in [5.41, 5.74) is 3.33. The summed E-state index contributed by atoms with van der Waals surface area (Å²) < 4.78 is 18.7. The SMILES string of the molecule is CCC1=C[C@](CC)(C[C@@H](CC)COC(c2ccccc2)(c2ccccc2)c2ccccc2)O[C@H]1CC(=O)OC. The summed E-state index contributed by atoms with van der Waals surface area (Å²) in [6, 6.07) is 31.5. The number of ether oxygens (including phenoxy) is 3. The molecule has 0 fully saturated rings. The molecule has 0 spiro atoms. The number of hydrogen-bond acceptors (Lipinski definition) is 4. The average molecular weight is 527 g/mol. The Labute approximate surface area is 234 Å². The standard InChI is InChI=1S/C35H42O4/c1-5-27(24-34(7-3)25-28(6-2)32(39-34)23-33(36)37-4)26-38-35(29-17-11-8-12-18-29,30-19-13-9-14-20-30)31-21-15-10-16-22-31/h8-22,25,27,32H,5-7,23-24,26H2,1-4H3/t27-,32+,34+/m1/s1. The summed E-state index contributed by atoms with van der Waals surface area (Å²) >= 11 is 0. The average Bonchev–Trinajstić information content (AvgIpc) is 3.35. The number of rotatable bonds is 13. The van der Waals surface area contributed by atoms with Gasteiger partial charge in [-0.3, -0.25) is 4.79 Å². The molecule has 3 atom stereocenters. The Kier molecular flexibility index (Phi) is 9.77. The topological polar surface area (TPSA) is 44.8 Å². The molecule has 4 nitrogen and oxygen atoms in total. The normalized spacial score (nSPS) is 19.9. The van der Waals surface area contributed by atoms with Crippen molar-refractivity contribution in [1.82, 2.24) is 0 Å². The molecule has 4 heteroatoms. The Morgan fingerprint density at radius 3 is 1.79 bits per heavy atom. The number of hydrogen-bond donors (Lipinski definition) is 0. The highest BCUT2D eigenvalue weighted by atomic mass is 16.5. The molecule has 206 valence electrons. The van der Waals surface area contributed by atoms with Gasteiger partial charge in [-0.05, 0) is 47.4 Å². The van der Waals surface area contributed by atoms with Gasteiger partial charge in [0.15, 0.2) is 0 Å². The Bertz CT molecular complexity index is 1110. The highest BCUT2D eigenvalue weighted by Crippen LogP contribution is 2.43. The van der Waals surface area contributed by atoms with Crippen LogP contribution in [-0.4, -0.2) is 31.4 Å². The first-order chi connectivity index (χ1) is 19.0. The summed E-state index contributed by atoms with van der Waals surface area (Å²) in [6.45, 7) is 7.08. The largest absolute Gasteiger partial charge is 0.469 e. The molecule has 0 saturated heterocycles. The molecule has 4 rings (SSSR count). The lowest BCUT2D eigenvalue weighted by Gasteiger charge is -2.38. The number of esters is 1. The summed E-state index contributed by atoms with van der Waals surface area (Å²) in [5, 5.41) is 0. The summed E-state index contributed by atoms with van der Waals surface area (Å²) in [6.07, 6.45) is 5.79. The summed E-state index contributed by atoms with van der Waals surface area (Å²) in [5.74, 6) is 0.0201.